The van der Waals surface area contributed by atoms with Crippen molar-refractivity contribution < 1.29 is 13.5 Å². The molecule has 1 unspecified atom stereocenters. The molecule has 4 nitrogen and oxygen atoms in total. The maximum Gasteiger partial charge on any atom is 0.243 e. The molecule has 1 atom stereocenters. The molecule has 6 heteroatoms. The van der Waals surface area contributed by atoms with E-state index >= 15 is 0 Å². The molecule has 0 radical (unpaired) electrons. The van der Waals surface area contributed by atoms with Gasteiger partial charge in [0, 0.05) is 24.4 Å². The first-order valence-electron chi connectivity index (χ1n) is 6.64. The summed E-state index contributed by atoms with van der Waals surface area (Å²) in [7, 11) is -1.86. The molecule has 0 saturated carbocycles. The average molecular weight is 327 g/mol. The van der Waals surface area contributed by atoms with Gasteiger partial charge >= 0.3 is 0 Å². The lowest BCUT2D eigenvalue weighted by Crippen LogP contribution is -2.38. The fraction of sp³-hybridized carbons (Fsp3) is 0.467. The molecule has 0 aliphatic carbocycles. The summed E-state index contributed by atoms with van der Waals surface area (Å²) in [4.78, 5) is 0.263. The molecular formula is C15H21NO3S2. The Morgan fingerprint density at radius 1 is 1.33 bits per heavy atom. The van der Waals surface area contributed by atoms with Gasteiger partial charge in [0.2, 0.25) is 10.0 Å². The number of aliphatic hydroxyl groups is 1. The van der Waals surface area contributed by atoms with Crippen LogP contribution in [0.25, 0.3) is 0 Å². The first-order chi connectivity index (χ1) is 9.97. The molecule has 0 aliphatic heterocycles. The molecule has 21 heavy (non-hydrogen) atoms. The SMILES string of the molecule is CCC(CSC)N(C)S(=O)(=O)c1ccc(C#CCO)cc1. The van der Waals surface area contributed by atoms with Crippen LogP contribution < -0.4 is 0 Å². The quantitative estimate of drug-likeness (QED) is 0.810. The van der Waals surface area contributed by atoms with E-state index in [2.05, 4.69) is 11.8 Å². The van der Waals surface area contributed by atoms with Gasteiger partial charge in [-0.25, -0.2) is 8.42 Å². The van der Waals surface area contributed by atoms with E-state index in [1.807, 2.05) is 13.2 Å². The highest BCUT2D eigenvalue weighted by Gasteiger charge is 2.26. The summed E-state index contributed by atoms with van der Waals surface area (Å²) >= 11 is 1.64. The zero-order chi connectivity index (χ0) is 15.9. The predicted molar refractivity (Wildman–Crippen MR) is 87.8 cm³/mol. The van der Waals surface area contributed by atoms with Crippen molar-refractivity contribution in [1.29, 1.82) is 0 Å². The molecule has 116 valence electrons. The van der Waals surface area contributed by atoms with Gasteiger partial charge in [0.25, 0.3) is 0 Å². The van der Waals surface area contributed by atoms with Crippen molar-refractivity contribution in [2.45, 2.75) is 24.3 Å². The summed E-state index contributed by atoms with van der Waals surface area (Å²) < 4.78 is 26.6. The highest BCUT2D eigenvalue weighted by Crippen LogP contribution is 2.20. The first-order valence-corrected chi connectivity index (χ1v) is 9.47. The van der Waals surface area contributed by atoms with Crippen molar-refractivity contribution >= 4 is 21.8 Å². The third kappa shape index (κ3) is 4.75. The van der Waals surface area contributed by atoms with E-state index in [1.54, 1.807) is 43.1 Å². The molecule has 1 N–H and O–H groups in total. The highest BCUT2D eigenvalue weighted by molar-refractivity contribution is 7.98. The minimum Gasteiger partial charge on any atom is -0.384 e. The number of aliphatic hydroxyl groups excluding tert-OH is 1. The Hall–Kier alpha value is -1.00. The molecule has 1 aromatic rings. The van der Waals surface area contributed by atoms with Gasteiger partial charge in [-0.3, -0.25) is 0 Å². The van der Waals surface area contributed by atoms with Crippen molar-refractivity contribution in [2.75, 3.05) is 25.7 Å². The van der Waals surface area contributed by atoms with Crippen LogP contribution in [-0.2, 0) is 10.0 Å². The van der Waals surface area contributed by atoms with Crippen LogP contribution in [0.3, 0.4) is 0 Å². The van der Waals surface area contributed by atoms with E-state index in [9.17, 15) is 8.42 Å². The van der Waals surface area contributed by atoms with Crippen LogP contribution in [0.5, 0.6) is 0 Å². The summed E-state index contributed by atoms with van der Waals surface area (Å²) in [6.45, 7) is 1.77. The predicted octanol–water partition coefficient (Wildman–Crippen LogP) is 1.79. The molecular weight excluding hydrogens is 306 g/mol. The van der Waals surface area contributed by atoms with Crippen LogP contribution in [0.2, 0.25) is 0 Å². The maximum atomic E-state index is 12.6. The molecule has 1 rings (SSSR count). The molecule has 0 aliphatic rings. The number of nitrogens with zero attached hydrogens (tertiary/aromatic N) is 1. The second-order valence-corrected chi connectivity index (χ2v) is 7.43. The van der Waals surface area contributed by atoms with Gasteiger partial charge in [-0.05, 0) is 36.9 Å². The second-order valence-electron chi connectivity index (χ2n) is 4.52. The van der Waals surface area contributed by atoms with Gasteiger partial charge in [-0.15, -0.1) is 0 Å². The lowest BCUT2D eigenvalue weighted by molar-refractivity contribution is 0.350. The van der Waals surface area contributed by atoms with Crippen LogP contribution in [0, 0.1) is 11.8 Å². The Balaban J connectivity index is 3.01. The normalized spacial score (nSPS) is 12.8. The molecule has 0 heterocycles. The van der Waals surface area contributed by atoms with Gasteiger partial charge in [0.05, 0.1) is 4.90 Å². The molecule has 0 fully saturated rings. The third-order valence-corrected chi connectivity index (χ3v) is 5.83. The lowest BCUT2D eigenvalue weighted by Gasteiger charge is -2.26. The second kappa shape index (κ2) is 8.44. The standard InChI is InChI=1S/C15H21NO3S2/c1-4-14(12-20-3)16(2)21(18,19)15-9-7-13(8-10-15)6-5-11-17/h7-10,14,17H,4,11-12H2,1-3H3. The topological polar surface area (TPSA) is 57.6 Å². The van der Waals surface area contributed by atoms with E-state index in [0.29, 0.717) is 5.56 Å². The minimum absolute atomic E-state index is 0.0149. The van der Waals surface area contributed by atoms with Crippen LogP contribution in [-0.4, -0.2) is 49.5 Å². The van der Waals surface area contributed by atoms with Gasteiger partial charge in [0.1, 0.15) is 6.61 Å². The van der Waals surface area contributed by atoms with Crippen molar-refractivity contribution in [3.05, 3.63) is 29.8 Å². The van der Waals surface area contributed by atoms with Crippen LogP contribution in [0.1, 0.15) is 18.9 Å². The summed E-state index contributed by atoms with van der Waals surface area (Å²) in [5.74, 6) is 6.05. The Kier molecular flexibility index (Phi) is 7.26. The van der Waals surface area contributed by atoms with Crippen LogP contribution in [0.4, 0.5) is 0 Å². The van der Waals surface area contributed by atoms with Crippen LogP contribution in [0.15, 0.2) is 29.2 Å². The van der Waals surface area contributed by atoms with Gasteiger partial charge in [-0.1, -0.05) is 18.8 Å². The van der Waals surface area contributed by atoms with Gasteiger partial charge in [0.15, 0.2) is 0 Å². The Morgan fingerprint density at radius 2 is 1.95 bits per heavy atom. The molecule has 0 bridgehead atoms. The minimum atomic E-state index is -3.49. The summed E-state index contributed by atoms with van der Waals surface area (Å²) in [6, 6.07) is 6.40. The average Bonchev–Trinajstić information content (AvgIpc) is 2.50. The third-order valence-electron chi connectivity index (χ3n) is 3.19. The van der Waals surface area contributed by atoms with Crippen LogP contribution >= 0.6 is 11.8 Å². The van der Waals surface area contributed by atoms with Gasteiger partial charge < -0.3 is 5.11 Å². The largest absolute Gasteiger partial charge is 0.384 e. The Labute approximate surface area is 131 Å². The lowest BCUT2D eigenvalue weighted by atomic mass is 10.2. The Morgan fingerprint density at radius 3 is 2.43 bits per heavy atom. The smallest absolute Gasteiger partial charge is 0.243 e. The molecule has 0 spiro atoms. The number of thioether (sulfide) groups is 1. The van der Waals surface area contributed by atoms with Crippen molar-refractivity contribution in [2.24, 2.45) is 0 Å². The zero-order valence-electron chi connectivity index (χ0n) is 12.5. The monoisotopic (exact) mass is 327 g/mol. The van der Waals surface area contributed by atoms with E-state index in [-0.39, 0.29) is 17.5 Å². The van der Waals surface area contributed by atoms with Crippen molar-refractivity contribution in [1.82, 2.24) is 4.31 Å². The fourth-order valence-corrected chi connectivity index (χ4v) is 4.25. The maximum absolute atomic E-state index is 12.6. The number of benzene rings is 1. The summed E-state index contributed by atoms with van der Waals surface area (Å²) in [6.07, 6.45) is 2.74. The number of sulfonamides is 1. The summed E-state index contributed by atoms with van der Waals surface area (Å²) in [5, 5.41) is 8.64. The molecule has 1 aromatic carbocycles. The van der Waals surface area contributed by atoms with E-state index in [0.717, 1.165) is 12.2 Å². The van der Waals surface area contributed by atoms with Gasteiger partial charge in [-0.2, -0.15) is 16.1 Å². The Bertz CT molecular complexity index is 600. The van der Waals surface area contributed by atoms with E-state index in [4.69, 9.17) is 5.11 Å². The summed E-state index contributed by atoms with van der Waals surface area (Å²) in [5.41, 5.74) is 0.682. The first kappa shape index (κ1) is 18.1. The molecule has 0 saturated heterocycles. The highest BCUT2D eigenvalue weighted by atomic mass is 32.2. The fourth-order valence-electron chi connectivity index (χ4n) is 1.89. The number of hydrogen-bond donors (Lipinski definition) is 1. The van der Waals surface area contributed by atoms with Crippen molar-refractivity contribution in [3.8, 4) is 11.8 Å². The number of rotatable bonds is 6. The van der Waals surface area contributed by atoms with E-state index in [1.165, 1.54) is 4.31 Å². The number of hydrogen-bond acceptors (Lipinski definition) is 4. The zero-order valence-corrected chi connectivity index (χ0v) is 14.2. The molecule has 0 aromatic heterocycles. The van der Waals surface area contributed by atoms with E-state index < -0.39 is 10.0 Å². The molecule has 0 amide bonds. The van der Waals surface area contributed by atoms with Crippen molar-refractivity contribution in [3.63, 3.8) is 0 Å².